The Hall–Kier alpha value is -2.29. The standard InChI is InChI=1S/C19H17ClN2/c1-2-19(14-22,16-8-4-3-5-9-16)18(11-12-21)15-7-6-10-17(20)13-15/h3-10,13,18H,2,11H2,1H3. The van der Waals surface area contributed by atoms with E-state index in [4.69, 9.17) is 11.6 Å². The molecule has 0 saturated heterocycles. The lowest BCUT2D eigenvalue weighted by atomic mass is 9.66. The Labute approximate surface area is 136 Å². The molecule has 0 aromatic heterocycles. The van der Waals surface area contributed by atoms with Crippen molar-refractivity contribution in [2.45, 2.75) is 31.1 Å². The molecule has 22 heavy (non-hydrogen) atoms. The van der Waals surface area contributed by atoms with Gasteiger partial charge in [-0.15, -0.1) is 0 Å². The first kappa shape index (κ1) is 16.1. The summed E-state index contributed by atoms with van der Waals surface area (Å²) in [6, 6.07) is 21.9. The van der Waals surface area contributed by atoms with Crippen LogP contribution in [-0.2, 0) is 5.41 Å². The van der Waals surface area contributed by atoms with E-state index in [1.54, 1.807) is 6.07 Å². The summed E-state index contributed by atoms with van der Waals surface area (Å²) in [5.74, 6) is -0.214. The lowest BCUT2D eigenvalue weighted by Crippen LogP contribution is -2.31. The van der Waals surface area contributed by atoms with Crippen molar-refractivity contribution >= 4 is 11.6 Å². The van der Waals surface area contributed by atoms with Gasteiger partial charge in [0, 0.05) is 17.4 Å². The lowest BCUT2D eigenvalue weighted by Gasteiger charge is -2.34. The van der Waals surface area contributed by atoms with Gasteiger partial charge in [0.1, 0.15) is 0 Å². The highest BCUT2D eigenvalue weighted by Crippen LogP contribution is 2.43. The number of benzene rings is 2. The van der Waals surface area contributed by atoms with Crippen LogP contribution in [0.5, 0.6) is 0 Å². The zero-order chi connectivity index (χ0) is 16.0. The highest BCUT2D eigenvalue weighted by Gasteiger charge is 2.40. The maximum atomic E-state index is 9.97. The first-order valence-corrected chi connectivity index (χ1v) is 7.65. The predicted molar refractivity (Wildman–Crippen MR) is 88.4 cm³/mol. The minimum absolute atomic E-state index is 0.214. The molecule has 0 heterocycles. The Kier molecular flexibility index (Phi) is 5.21. The average molecular weight is 309 g/mol. The van der Waals surface area contributed by atoms with Crippen LogP contribution < -0.4 is 0 Å². The van der Waals surface area contributed by atoms with Gasteiger partial charge in [-0.25, -0.2) is 0 Å². The molecule has 0 N–H and O–H groups in total. The molecule has 0 radical (unpaired) electrons. The molecule has 2 atom stereocenters. The van der Waals surface area contributed by atoms with Gasteiger partial charge in [-0.05, 0) is 29.7 Å². The molecule has 110 valence electrons. The first-order valence-electron chi connectivity index (χ1n) is 7.27. The molecule has 2 nitrogen and oxygen atoms in total. The zero-order valence-electron chi connectivity index (χ0n) is 12.5. The summed E-state index contributed by atoms with van der Waals surface area (Å²) in [4.78, 5) is 0. The van der Waals surface area contributed by atoms with Gasteiger partial charge in [0.2, 0.25) is 0 Å². The van der Waals surface area contributed by atoms with Crippen LogP contribution >= 0.6 is 11.6 Å². The fourth-order valence-corrected chi connectivity index (χ4v) is 3.20. The van der Waals surface area contributed by atoms with Gasteiger partial charge in [-0.2, -0.15) is 10.5 Å². The van der Waals surface area contributed by atoms with Crippen molar-refractivity contribution in [1.82, 2.24) is 0 Å². The molecular weight excluding hydrogens is 292 g/mol. The Bertz CT molecular complexity index is 712. The Morgan fingerprint density at radius 2 is 1.82 bits per heavy atom. The van der Waals surface area contributed by atoms with E-state index in [1.807, 2.05) is 55.5 Å². The summed E-state index contributed by atoms with van der Waals surface area (Å²) in [5, 5.41) is 19.9. The number of halogens is 1. The van der Waals surface area contributed by atoms with Crippen LogP contribution in [0.1, 0.15) is 36.8 Å². The molecule has 0 aliphatic heterocycles. The molecule has 2 rings (SSSR count). The molecule has 2 aromatic carbocycles. The lowest BCUT2D eigenvalue weighted by molar-refractivity contribution is 0.424. The van der Waals surface area contributed by atoms with Crippen molar-refractivity contribution in [2.24, 2.45) is 0 Å². The van der Waals surface area contributed by atoms with E-state index < -0.39 is 5.41 Å². The first-order chi connectivity index (χ1) is 10.7. The molecule has 0 fully saturated rings. The third-order valence-electron chi connectivity index (χ3n) is 4.19. The fraction of sp³-hybridized carbons (Fsp3) is 0.263. The van der Waals surface area contributed by atoms with Gasteiger partial charge >= 0.3 is 0 Å². The minimum Gasteiger partial charge on any atom is -0.198 e. The topological polar surface area (TPSA) is 47.6 Å². The van der Waals surface area contributed by atoms with Gasteiger partial charge in [-0.1, -0.05) is 61.0 Å². The SMILES string of the molecule is CCC(C#N)(c1ccccc1)C(CC#N)c1cccc(Cl)c1. The van der Waals surface area contributed by atoms with Crippen molar-refractivity contribution in [3.8, 4) is 12.1 Å². The molecule has 0 aliphatic carbocycles. The van der Waals surface area contributed by atoms with E-state index in [0.717, 1.165) is 11.1 Å². The summed E-state index contributed by atoms with van der Waals surface area (Å²) >= 11 is 6.11. The Balaban J connectivity index is 2.62. The molecule has 3 heteroatoms. The number of hydrogen-bond donors (Lipinski definition) is 0. The van der Waals surface area contributed by atoms with E-state index in [2.05, 4.69) is 12.1 Å². The smallest absolute Gasteiger partial charge is 0.0897 e. The Morgan fingerprint density at radius 3 is 2.36 bits per heavy atom. The third kappa shape index (κ3) is 2.98. The van der Waals surface area contributed by atoms with Gasteiger partial charge in [0.15, 0.2) is 0 Å². The van der Waals surface area contributed by atoms with Gasteiger partial charge < -0.3 is 0 Å². The molecule has 0 bridgehead atoms. The van der Waals surface area contributed by atoms with Crippen LogP contribution in [0.3, 0.4) is 0 Å². The molecule has 0 aliphatic rings. The second-order valence-corrected chi connectivity index (χ2v) is 5.71. The van der Waals surface area contributed by atoms with Crippen LogP contribution in [0.2, 0.25) is 5.02 Å². The van der Waals surface area contributed by atoms with E-state index in [9.17, 15) is 10.5 Å². The zero-order valence-corrected chi connectivity index (χ0v) is 13.2. The fourth-order valence-electron chi connectivity index (χ4n) is 3.00. The van der Waals surface area contributed by atoms with Gasteiger partial charge in [-0.3, -0.25) is 0 Å². The highest BCUT2D eigenvalue weighted by atomic mass is 35.5. The maximum absolute atomic E-state index is 9.97. The summed E-state index contributed by atoms with van der Waals surface area (Å²) in [5.41, 5.74) is 1.14. The minimum atomic E-state index is -0.734. The number of hydrogen-bond acceptors (Lipinski definition) is 2. The van der Waals surface area contributed by atoms with Crippen molar-refractivity contribution in [3.63, 3.8) is 0 Å². The summed E-state index contributed by atoms with van der Waals surface area (Å²) in [6.07, 6.45) is 0.906. The summed E-state index contributed by atoms with van der Waals surface area (Å²) in [7, 11) is 0. The van der Waals surface area contributed by atoms with Gasteiger partial charge in [0.05, 0.1) is 17.6 Å². The van der Waals surface area contributed by atoms with Crippen LogP contribution in [0.4, 0.5) is 0 Å². The van der Waals surface area contributed by atoms with Crippen LogP contribution in [0, 0.1) is 22.7 Å². The van der Waals surface area contributed by atoms with E-state index in [0.29, 0.717) is 11.4 Å². The summed E-state index contributed by atoms with van der Waals surface area (Å²) in [6.45, 7) is 1.99. The number of nitriles is 2. The molecule has 2 aromatic rings. The average Bonchev–Trinajstić information content (AvgIpc) is 2.56. The third-order valence-corrected chi connectivity index (χ3v) is 4.42. The quantitative estimate of drug-likeness (QED) is 0.761. The molecular formula is C19H17ClN2. The number of rotatable bonds is 5. The normalized spacial score (nSPS) is 14.4. The van der Waals surface area contributed by atoms with Gasteiger partial charge in [0.25, 0.3) is 0 Å². The predicted octanol–water partition coefficient (Wildman–Crippen LogP) is 5.21. The highest BCUT2D eigenvalue weighted by molar-refractivity contribution is 6.30. The van der Waals surface area contributed by atoms with E-state index in [1.165, 1.54) is 0 Å². The summed E-state index contributed by atoms with van der Waals surface area (Å²) < 4.78 is 0. The van der Waals surface area contributed by atoms with E-state index in [-0.39, 0.29) is 12.3 Å². The van der Waals surface area contributed by atoms with Crippen molar-refractivity contribution in [2.75, 3.05) is 0 Å². The maximum Gasteiger partial charge on any atom is 0.0897 e. The molecule has 0 saturated carbocycles. The van der Waals surface area contributed by atoms with Crippen molar-refractivity contribution in [3.05, 3.63) is 70.7 Å². The second-order valence-electron chi connectivity index (χ2n) is 5.27. The Morgan fingerprint density at radius 1 is 1.09 bits per heavy atom. The second kappa shape index (κ2) is 7.12. The van der Waals surface area contributed by atoms with Crippen molar-refractivity contribution < 1.29 is 0 Å². The number of nitrogens with zero attached hydrogens (tertiary/aromatic N) is 2. The largest absolute Gasteiger partial charge is 0.198 e. The van der Waals surface area contributed by atoms with E-state index >= 15 is 0 Å². The van der Waals surface area contributed by atoms with Crippen molar-refractivity contribution in [1.29, 1.82) is 10.5 Å². The van der Waals surface area contributed by atoms with Crippen LogP contribution in [-0.4, -0.2) is 0 Å². The molecule has 0 spiro atoms. The van der Waals surface area contributed by atoms with Crippen LogP contribution in [0.15, 0.2) is 54.6 Å². The monoisotopic (exact) mass is 308 g/mol. The molecule has 2 unspecified atom stereocenters. The van der Waals surface area contributed by atoms with Crippen LogP contribution in [0.25, 0.3) is 0 Å². The molecule has 0 amide bonds.